The molecule has 1 aliphatic rings. The van der Waals surface area contributed by atoms with Crippen molar-refractivity contribution in [1.82, 2.24) is 15.1 Å². The molecule has 1 aliphatic carbocycles. The van der Waals surface area contributed by atoms with Gasteiger partial charge in [0.25, 0.3) is 0 Å². The maximum Gasteiger partial charge on any atom is 0.0540 e. The fourth-order valence-corrected chi connectivity index (χ4v) is 3.29. The Morgan fingerprint density at radius 2 is 2.05 bits per heavy atom. The van der Waals surface area contributed by atoms with Crippen molar-refractivity contribution in [2.75, 3.05) is 6.54 Å². The number of aromatic nitrogens is 2. The first-order chi connectivity index (χ1) is 10.1. The van der Waals surface area contributed by atoms with E-state index in [9.17, 15) is 0 Å². The number of nitrogens with zero attached hydrogens (tertiary/aromatic N) is 2. The molecule has 0 bridgehead atoms. The SMILES string of the molecule is Cn1ncc2c1CCCC2NCC(C)(C)c1ccccc1. The summed E-state index contributed by atoms with van der Waals surface area (Å²) in [5.74, 6) is 0. The van der Waals surface area contributed by atoms with Crippen molar-refractivity contribution in [1.29, 1.82) is 0 Å². The largest absolute Gasteiger partial charge is 0.309 e. The number of hydrogen-bond acceptors (Lipinski definition) is 2. The predicted octanol–water partition coefficient (Wildman–Crippen LogP) is 3.36. The second kappa shape index (κ2) is 5.64. The Balaban J connectivity index is 1.71. The van der Waals surface area contributed by atoms with Gasteiger partial charge in [-0.05, 0) is 24.8 Å². The fourth-order valence-electron chi connectivity index (χ4n) is 3.29. The summed E-state index contributed by atoms with van der Waals surface area (Å²) in [5, 5.41) is 8.20. The van der Waals surface area contributed by atoms with Crippen LogP contribution in [0.2, 0.25) is 0 Å². The van der Waals surface area contributed by atoms with Gasteiger partial charge in [0.2, 0.25) is 0 Å². The van der Waals surface area contributed by atoms with Crippen LogP contribution in [-0.2, 0) is 18.9 Å². The Morgan fingerprint density at radius 1 is 1.29 bits per heavy atom. The highest BCUT2D eigenvalue weighted by Gasteiger charge is 2.26. The first-order valence-corrected chi connectivity index (χ1v) is 7.87. The van der Waals surface area contributed by atoms with Crippen molar-refractivity contribution in [2.24, 2.45) is 7.05 Å². The van der Waals surface area contributed by atoms with Crippen LogP contribution < -0.4 is 5.32 Å². The van der Waals surface area contributed by atoms with Crippen molar-refractivity contribution >= 4 is 0 Å². The first-order valence-electron chi connectivity index (χ1n) is 7.87. The van der Waals surface area contributed by atoms with Crippen LogP contribution in [0.15, 0.2) is 36.5 Å². The molecule has 21 heavy (non-hydrogen) atoms. The van der Waals surface area contributed by atoms with E-state index < -0.39 is 0 Å². The van der Waals surface area contributed by atoms with Crippen molar-refractivity contribution in [3.05, 3.63) is 53.3 Å². The number of nitrogens with one attached hydrogen (secondary N) is 1. The van der Waals surface area contributed by atoms with Gasteiger partial charge in [-0.3, -0.25) is 4.68 Å². The highest BCUT2D eigenvalue weighted by atomic mass is 15.3. The molecule has 1 aromatic heterocycles. The van der Waals surface area contributed by atoms with Crippen molar-refractivity contribution < 1.29 is 0 Å². The number of hydrogen-bond donors (Lipinski definition) is 1. The normalized spacial score (nSPS) is 18.5. The monoisotopic (exact) mass is 283 g/mol. The second-order valence-corrected chi connectivity index (χ2v) is 6.75. The molecule has 1 unspecified atom stereocenters. The molecule has 0 fully saturated rings. The molecular weight excluding hydrogens is 258 g/mol. The van der Waals surface area contributed by atoms with E-state index >= 15 is 0 Å². The molecule has 1 N–H and O–H groups in total. The van der Waals surface area contributed by atoms with E-state index in [-0.39, 0.29) is 5.41 Å². The molecule has 112 valence electrons. The molecule has 3 rings (SSSR count). The van der Waals surface area contributed by atoms with Crippen LogP contribution in [-0.4, -0.2) is 16.3 Å². The second-order valence-electron chi connectivity index (χ2n) is 6.75. The Kier molecular flexibility index (Phi) is 3.85. The van der Waals surface area contributed by atoms with Gasteiger partial charge in [0, 0.05) is 36.3 Å². The predicted molar refractivity (Wildman–Crippen MR) is 86.4 cm³/mol. The molecule has 3 nitrogen and oxygen atoms in total. The highest BCUT2D eigenvalue weighted by molar-refractivity contribution is 5.26. The summed E-state index contributed by atoms with van der Waals surface area (Å²) in [6.45, 7) is 5.60. The van der Waals surface area contributed by atoms with Gasteiger partial charge in [0.15, 0.2) is 0 Å². The highest BCUT2D eigenvalue weighted by Crippen LogP contribution is 2.30. The van der Waals surface area contributed by atoms with Crippen LogP contribution in [0, 0.1) is 0 Å². The number of aryl methyl sites for hydroxylation is 1. The van der Waals surface area contributed by atoms with Crippen LogP contribution >= 0.6 is 0 Å². The number of fused-ring (bicyclic) bond motifs is 1. The Labute approximate surface area is 127 Å². The molecular formula is C18H25N3. The summed E-state index contributed by atoms with van der Waals surface area (Å²) in [4.78, 5) is 0. The van der Waals surface area contributed by atoms with Gasteiger partial charge >= 0.3 is 0 Å². The van der Waals surface area contributed by atoms with Gasteiger partial charge in [0.1, 0.15) is 0 Å². The summed E-state index contributed by atoms with van der Waals surface area (Å²) in [7, 11) is 2.05. The van der Waals surface area contributed by atoms with Crippen LogP contribution in [0.3, 0.4) is 0 Å². The van der Waals surface area contributed by atoms with Gasteiger partial charge in [0.05, 0.1) is 6.20 Å². The van der Waals surface area contributed by atoms with E-state index in [2.05, 4.69) is 61.6 Å². The van der Waals surface area contributed by atoms with Crippen LogP contribution in [0.5, 0.6) is 0 Å². The van der Waals surface area contributed by atoms with Gasteiger partial charge in [-0.2, -0.15) is 5.10 Å². The Bertz CT molecular complexity index is 598. The summed E-state index contributed by atoms with van der Waals surface area (Å²) in [5.41, 5.74) is 4.32. The fraction of sp³-hybridized carbons (Fsp3) is 0.500. The van der Waals surface area contributed by atoms with E-state index in [0.29, 0.717) is 6.04 Å². The molecule has 0 saturated heterocycles. The minimum Gasteiger partial charge on any atom is -0.309 e. The minimum absolute atomic E-state index is 0.140. The Hall–Kier alpha value is -1.61. The average molecular weight is 283 g/mol. The lowest BCUT2D eigenvalue weighted by Gasteiger charge is -2.30. The molecule has 1 atom stereocenters. The standard InChI is InChI=1S/C18H25N3/c1-18(2,14-8-5-4-6-9-14)13-19-16-10-7-11-17-15(16)12-20-21(17)3/h4-6,8-9,12,16,19H,7,10-11,13H2,1-3H3. The van der Waals surface area contributed by atoms with Crippen molar-refractivity contribution in [3.63, 3.8) is 0 Å². The molecule has 0 spiro atoms. The van der Waals surface area contributed by atoms with Gasteiger partial charge in [-0.25, -0.2) is 0 Å². The molecule has 1 aromatic carbocycles. The van der Waals surface area contributed by atoms with E-state index in [1.54, 1.807) is 0 Å². The van der Waals surface area contributed by atoms with Crippen LogP contribution in [0.1, 0.15) is 49.6 Å². The smallest absolute Gasteiger partial charge is 0.0540 e. The van der Waals surface area contributed by atoms with Crippen LogP contribution in [0.25, 0.3) is 0 Å². The summed E-state index contributed by atoms with van der Waals surface area (Å²) in [6.07, 6.45) is 5.66. The molecule has 0 saturated carbocycles. The average Bonchev–Trinajstić information content (AvgIpc) is 2.88. The van der Waals surface area contributed by atoms with Crippen molar-refractivity contribution in [2.45, 2.75) is 44.6 Å². The molecule has 0 radical (unpaired) electrons. The zero-order valence-corrected chi connectivity index (χ0v) is 13.3. The quantitative estimate of drug-likeness (QED) is 0.932. The molecule has 0 amide bonds. The van der Waals surface area contributed by atoms with Gasteiger partial charge in [-0.1, -0.05) is 44.2 Å². The number of benzene rings is 1. The third-order valence-electron chi connectivity index (χ3n) is 4.72. The first kappa shape index (κ1) is 14.3. The van der Waals surface area contributed by atoms with E-state index in [1.165, 1.54) is 29.7 Å². The summed E-state index contributed by atoms with van der Waals surface area (Å²) < 4.78 is 2.03. The van der Waals surface area contributed by atoms with Gasteiger partial charge < -0.3 is 5.32 Å². The van der Waals surface area contributed by atoms with E-state index in [4.69, 9.17) is 0 Å². The summed E-state index contributed by atoms with van der Waals surface area (Å²) >= 11 is 0. The zero-order chi connectivity index (χ0) is 14.9. The van der Waals surface area contributed by atoms with Crippen molar-refractivity contribution in [3.8, 4) is 0 Å². The van der Waals surface area contributed by atoms with E-state index in [1.807, 2.05) is 10.9 Å². The Morgan fingerprint density at radius 3 is 2.81 bits per heavy atom. The summed E-state index contributed by atoms with van der Waals surface area (Å²) in [6, 6.07) is 11.2. The lowest BCUT2D eigenvalue weighted by atomic mass is 9.83. The third-order valence-corrected chi connectivity index (χ3v) is 4.72. The molecule has 3 heteroatoms. The topological polar surface area (TPSA) is 29.9 Å². The zero-order valence-electron chi connectivity index (χ0n) is 13.3. The molecule has 2 aromatic rings. The molecule has 1 heterocycles. The molecule has 0 aliphatic heterocycles. The maximum absolute atomic E-state index is 4.43. The lowest BCUT2D eigenvalue weighted by molar-refractivity contribution is 0.390. The maximum atomic E-state index is 4.43. The van der Waals surface area contributed by atoms with Gasteiger partial charge in [-0.15, -0.1) is 0 Å². The van der Waals surface area contributed by atoms with E-state index in [0.717, 1.165) is 13.0 Å². The minimum atomic E-state index is 0.140. The van der Waals surface area contributed by atoms with Crippen LogP contribution in [0.4, 0.5) is 0 Å². The lowest BCUT2D eigenvalue weighted by Crippen LogP contribution is -2.36. The number of rotatable bonds is 4. The third kappa shape index (κ3) is 2.88.